The summed E-state index contributed by atoms with van der Waals surface area (Å²) in [7, 11) is -0.782. The zero-order valence-corrected chi connectivity index (χ0v) is 17.9. The van der Waals surface area contributed by atoms with E-state index >= 15 is 0 Å². The average Bonchev–Trinajstić information content (AvgIpc) is 2.63. The number of rotatable bonds is 7. The van der Waals surface area contributed by atoms with Crippen LogP contribution < -0.4 is 19.1 Å². The molecule has 0 aliphatic rings. The smallest absolute Gasteiger partial charge is 0.248 e. The molecule has 0 unspecified atom stereocenters. The number of hydrogen-bond acceptors (Lipinski definition) is 5. The first kappa shape index (κ1) is 21.8. The summed E-state index contributed by atoms with van der Waals surface area (Å²) in [6.07, 6.45) is 1.04. The second-order valence-electron chi connectivity index (χ2n) is 6.22. The van der Waals surface area contributed by atoms with E-state index < -0.39 is 22.0 Å². The molecule has 1 amide bonds. The number of benzene rings is 2. The van der Waals surface area contributed by atoms with E-state index in [0.29, 0.717) is 27.9 Å². The van der Waals surface area contributed by atoms with Crippen LogP contribution in [0, 0.1) is 6.92 Å². The summed E-state index contributed by atoms with van der Waals surface area (Å²) < 4.78 is 36.3. The number of hydrogen-bond donors (Lipinski definition) is 1. The van der Waals surface area contributed by atoms with Crippen molar-refractivity contribution in [1.29, 1.82) is 0 Å². The number of halogens is 1. The van der Waals surface area contributed by atoms with Gasteiger partial charge in [0.05, 0.1) is 31.9 Å². The van der Waals surface area contributed by atoms with Gasteiger partial charge in [0.25, 0.3) is 0 Å². The highest BCUT2D eigenvalue weighted by Crippen LogP contribution is 2.30. The van der Waals surface area contributed by atoms with Gasteiger partial charge in [-0.2, -0.15) is 0 Å². The lowest BCUT2D eigenvalue weighted by Crippen LogP contribution is -2.45. The zero-order valence-electron chi connectivity index (χ0n) is 16.3. The van der Waals surface area contributed by atoms with Gasteiger partial charge in [-0.1, -0.05) is 17.7 Å². The Morgan fingerprint density at radius 1 is 1.14 bits per heavy atom. The van der Waals surface area contributed by atoms with Crippen LogP contribution in [0.25, 0.3) is 0 Å². The van der Waals surface area contributed by atoms with Gasteiger partial charge in [-0.3, -0.25) is 9.10 Å². The maximum Gasteiger partial charge on any atom is 0.248 e. The predicted molar refractivity (Wildman–Crippen MR) is 111 cm³/mol. The number of sulfonamides is 1. The van der Waals surface area contributed by atoms with Gasteiger partial charge in [0.1, 0.15) is 17.5 Å². The van der Waals surface area contributed by atoms with Gasteiger partial charge >= 0.3 is 0 Å². The molecular formula is C19H23ClN2O5S. The number of carbonyl (C=O) groups excluding carboxylic acids is 1. The Morgan fingerprint density at radius 2 is 1.82 bits per heavy atom. The van der Waals surface area contributed by atoms with Crippen molar-refractivity contribution in [3.63, 3.8) is 0 Å². The molecule has 2 rings (SSSR count). The fourth-order valence-electron chi connectivity index (χ4n) is 2.68. The molecule has 0 saturated heterocycles. The average molecular weight is 427 g/mol. The predicted octanol–water partition coefficient (Wildman–Crippen LogP) is 3.46. The summed E-state index contributed by atoms with van der Waals surface area (Å²) >= 11 is 6.14. The molecule has 7 nitrogen and oxygen atoms in total. The minimum absolute atomic E-state index is 0.304. The van der Waals surface area contributed by atoms with Crippen molar-refractivity contribution < 1.29 is 22.7 Å². The Balaban J connectivity index is 2.38. The van der Waals surface area contributed by atoms with E-state index in [4.69, 9.17) is 21.1 Å². The third kappa shape index (κ3) is 4.88. The van der Waals surface area contributed by atoms with Crippen LogP contribution in [-0.4, -0.2) is 40.8 Å². The third-order valence-corrected chi connectivity index (χ3v) is 5.81. The van der Waals surface area contributed by atoms with E-state index in [1.807, 2.05) is 6.92 Å². The van der Waals surface area contributed by atoms with Crippen LogP contribution in [0.4, 0.5) is 11.4 Å². The molecule has 0 heterocycles. The third-order valence-electron chi connectivity index (χ3n) is 4.16. The summed E-state index contributed by atoms with van der Waals surface area (Å²) in [5.41, 5.74) is 1.48. The lowest BCUT2D eigenvalue weighted by atomic mass is 10.2. The Kier molecular flexibility index (Phi) is 6.79. The van der Waals surface area contributed by atoms with Gasteiger partial charge in [-0.15, -0.1) is 0 Å². The quantitative estimate of drug-likeness (QED) is 0.732. The summed E-state index contributed by atoms with van der Waals surface area (Å²) in [5, 5.41) is 3.11. The van der Waals surface area contributed by atoms with Crippen LogP contribution >= 0.6 is 11.6 Å². The second kappa shape index (κ2) is 8.70. The van der Waals surface area contributed by atoms with Crippen LogP contribution in [0.5, 0.6) is 11.5 Å². The van der Waals surface area contributed by atoms with Crippen molar-refractivity contribution in [3.05, 3.63) is 47.0 Å². The molecule has 1 N–H and O–H groups in total. The molecule has 0 aromatic heterocycles. The summed E-state index contributed by atoms with van der Waals surface area (Å²) in [4.78, 5) is 12.8. The Bertz CT molecular complexity index is 978. The van der Waals surface area contributed by atoms with Crippen LogP contribution in [0.2, 0.25) is 5.02 Å². The second-order valence-corrected chi connectivity index (χ2v) is 8.49. The minimum Gasteiger partial charge on any atom is -0.497 e. The van der Waals surface area contributed by atoms with Crippen molar-refractivity contribution in [2.75, 3.05) is 30.1 Å². The molecular weight excluding hydrogens is 404 g/mol. The summed E-state index contributed by atoms with van der Waals surface area (Å²) in [6, 6.07) is 8.72. The number of aryl methyl sites for hydroxylation is 1. The van der Waals surface area contributed by atoms with E-state index in [1.54, 1.807) is 30.3 Å². The molecule has 0 spiro atoms. The van der Waals surface area contributed by atoms with Crippen LogP contribution in [-0.2, 0) is 14.8 Å². The monoisotopic (exact) mass is 426 g/mol. The standard InChI is InChI=1S/C19H23ClN2O5S/c1-12-6-7-14(10-16(12)20)22(28(5,24)25)13(2)19(23)21-17-11-15(26-3)8-9-18(17)27-4/h6-11,13H,1-5H3,(H,21,23)/t13-/m0/s1. The summed E-state index contributed by atoms with van der Waals surface area (Å²) in [6.45, 7) is 3.30. The van der Waals surface area contributed by atoms with Crippen molar-refractivity contribution >= 4 is 38.9 Å². The van der Waals surface area contributed by atoms with E-state index in [0.717, 1.165) is 16.1 Å². The Morgan fingerprint density at radius 3 is 2.36 bits per heavy atom. The number of methoxy groups -OCH3 is 2. The number of anilines is 2. The number of carbonyl (C=O) groups is 1. The SMILES string of the molecule is COc1ccc(OC)c(NC(=O)[C@H](C)N(c2ccc(C)c(Cl)c2)S(C)(=O)=O)c1. The lowest BCUT2D eigenvalue weighted by molar-refractivity contribution is -0.116. The van der Waals surface area contributed by atoms with Gasteiger partial charge in [0.2, 0.25) is 15.9 Å². The molecule has 28 heavy (non-hydrogen) atoms. The van der Waals surface area contributed by atoms with Gasteiger partial charge in [-0.25, -0.2) is 8.42 Å². The van der Waals surface area contributed by atoms with Gasteiger partial charge in [-0.05, 0) is 43.7 Å². The number of amides is 1. The van der Waals surface area contributed by atoms with Gasteiger partial charge in [0, 0.05) is 11.1 Å². The van der Waals surface area contributed by atoms with E-state index in [2.05, 4.69) is 5.32 Å². The fraction of sp³-hybridized carbons (Fsp3) is 0.316. The van der Waals surface area contributed by atoms with E-state index in [-0.39, 0.29) is 0 Å². The largest absolute Gasteiger partial charge is 0.497 e. The number of ether oxygens (including phenoxy) is 2. The van der Waals surface area contributed by atoms with Crippen LogP contribution in [0.1, 0.15) is 12.5 Å². The topological polar surface area (TPSA) is 84.9 Å². The molecule has 2 aromatic carbocycles. The van der Waals surface area contributed by atoms with Crippen molar-refractivity contribution in [2.45, 2.75) is 19.9 Å². The molecule has 0 bridgehead atoms. The molecule has 0 radical (unpaired) electrons. The van der Waals surface area contributed by atoms with Crippen molar-refractivity contribution in [2.24, 2.45) is 0 Å². The van der Waals surface area contributed by atoms with Gasteiger partial charge < -0.3 is 14.8 Å². The molecule has 9 heteroatoms. The van der Waals surface area contributed by atoms with Gasteiger partial charge in [0.15, 0.2) is 0 Å². The van der Waals surface area contributed by atoms with E-state index in [9.17, 15) is 13.2 Å². The maximum atomic E-state index is 12.8. The van der Waals surface area contributed by atoms with Crippen LogP contribution in [0.15, 0.2) is 36.4 Å². The normalized spacial score (nSPS) is 12.2. The first-order valence-electron chi connectivity index (χ1n) is 8.37. The fourth-order valence-corrected chi connectivity index (χ4v) is 4.02. The lowest BCUT2D eigenvalue weighted by Gasteiger charge is -2.28. The van der Waals surface area contributed by atoms with Crippen LogP contribution in [0.3, 0.4) is 0 Å². The summed E-state index contributed by atoms with van der Waals surface area (Å²) in [5.74, 6) is 0.411. The molecule has 0 aliphatic carbocycles. The van der Waals surface area contributed by atoms with Crippen molar-refractivity contribution in [1.82, 2.24) is 0 Å². The Hall–Kier alpha value is -2.45. The zero-order chi connectivity index (χ0) is 21.1. The molecule has 0 saturated carbocycles. The highest BCUT2D eigenvalue weighted by Gasteiger charge is 2.30. The van der Waals surface area contributed by atoms with E-state index in [1.165, 1.54) is 27.2 Å². The molecule has 0 fully saturated rings. The minimum atomic E-state index is -3.75. The first-order chi connectivity index (χ1) is 13.1. The highest BCUT2D eigenvalue weighted by atomic mass is 35.5. The molecule has 2 aromatic rings. The number of nitrogens with zero attached hydrogens (tertiary/aromatic N) is 1. The highest BCUT2D eigenvalue weighted by molar-refractivity contribution is 7.92. The maximum absolute atomic E-state index is 12.8. The Labute approximate surface area is 170 Å². The number of nitrogens with one attached hydrogen (secondary N) is 1. The van der Waals surface area contributed by atoms with Crippen molar-refractivity contribution in [3.8, 4) is 11.5 Å². The first-order valence-corrected chi connectivity index (χ1v) is 10.6. The molecule has 152 valence electrons. The molecule has 1 atom stereocenters. The molecule has 0 aliphatic heterocycles.